The van der Waals surface area contributed by atoms with Gasteiger partial charge >= 0.3 is 12.6 Å². The summed E-state index contributed by atoms with van der Waals surface area (Å²) in [6.45, 7) is -1.47. The van der Waals surface area contributed by atoms with E-state index in [4.69, 9.17) is 4.74 Å². The second kappa shape index (κ2) is 9.25. The van der Waals surface area contributed by atoms with Crippen molar-refractivity contribution < 1.29 is 37.7 Å². The van der Waals surface area contributed by atoms with E-state index in [9.17, 15) is 28.3 Å². The fourth-order valence-electron chi connectivity index (χ4n) is 2.70. The first-order valence-electron chi connectivity index (χ1n) is 8.53. The maximum atomic E-state index is 12.5. The number of aromatic hydroxyl groups is 1. The van der Waals surface area contributed by atoms with Gasteiger partial charge in [0.15, 0.2) is 11.6 Å². The van der Waals surface area contributed by atoms with Crippen LogP contribution < -0.4 is 4.74 Å². The van der Waals surface area contributed by atoms with Crippen LogP contribution in [0.2, 0.25) is 0 Å². The molecule has 27 heavy (non-hydrogen) atoms. The van der Waals surface area contributed by atoms with Gasteiger partial charge in [-0.15, -0.1) is 0 Å². The van der Waals surface area contributed by atoms with Gasteiger partial charge in [0.05, 0.1) is 6.10 Å². The number of rotatable bonds is 2. The number of esters is 1. The second-order valence-corrected chi connectivity index (χ2v) is 6.18. The first kappa shape index (κ1) is 20.5. The lowest BCUT2D eigenvalue weighted by Gasteiger charge is -2.16. The van der Waals surface area contributed by atoms with Gasteiger partial charge in [0.25, 0.3) is 0 Å². The molecule has 0 saturated heterocycles. The van der Waals surface area contributed by atoms with Gasteiger partial charge in [0.1, 0.15) is 17.1 Å². The van der Waals surface area contributed by atoms with Gasteiger partial charge < -0.3 is 14.6 Å². The zero-order valence-electron chi connectivity index (χ0n) is 14.7. The molecular formula is C19H20F2O6. The zero-order valence-corrected chi connectivity index (χ0v) is 14.7. The number of benzene rings is 1. The SMILES string of the molecule is C[C@H]1CCCC(=O)C(=O)CCC=Cc2cc(OC(F)F)cc(O)c2C(=O)O1. The third-order valence-electron chi connectivity index (χ3n) is 4.02. The molecule has 0 fully saturated rings. The Morgan fingerprint density at radius 2 is 1.89 bits per heavy atom. The average molecular weight is 382 g/mol. The smallest absolute Gasteiger partial charge is 0.387 e. The summed E-state index contributed by atoms with van der Waals surface area (Å²) in [5.41, 5.74) is -0.0714. The Balaban J connectivity index is 2.39. The first-order valence-corrected chi connectivity index (χ1v) is 8.53. The lowest BCUT2D eigenvalue weighted by molar-refractivity contribution is -0.136. The van der Waals surface area contributed by atoms with Crippen molar-refractivity contribution in [1.29, 1.82) is 0 Å². The lowest BCUT2D eigenvalue weighted by atomic mass is 10.0. The van der Waals surface area contributed by atoms with E-state index in [2.05, 4.69) is 4.74 Å². The van der Waals surface area contributed by atoms with Crippen LogP contribution in [0.25, 0.3) is 6.08 Å². The molecular weight excluding hydrogens is 362 g/mol. The number of carbonyl (C=O) groups is 3. The van der Waals surface area contributed by atoms with Crippen LogP contribution in [-0.2, 0) is 14.3 Å². The molecule has 0 radical (unpaired) electrons. The van der Waals surface area contributed by atoms with Crippen LogP contribution in [0, 0.1) is 0 Å². The van der Waals surface area contributed by atoms with Crippen molar-refractivity contribution in [2.75, 3.05) is 0 Å². The van der Waals surface area contributed by atoms with Crippen LogP contribution in [0.3, 0.4) is 0 Å². The number of carbonyl (C=O) groups excluding carboxylic acids is 3. The average Bonchev–Trinajstić information content (AvgIpc) is 2.56. The monoisotopic (exact) mass is 382 g/mol. The number of cyclic esters (lactones) is 1. The van der Waals surface area contributed by atoms with Gasteiger partial charge in [-0.25, -0.2) is 4.79 Å². The molecule has 0 amide bonds. The summed E-state index contributed by atoms with van der Waals surface area (Å²) in [6, 6.07) is 2.08. The van der Waals surface area contributed by atoms with Gasteiger partial charge in [-0.3, -0.25) is 9.59 Å². The predicted molar refractivity (Wildman–Crippen MR) is 91.7 cm³/mol. The lowest BCUT2D eigenvalue weighted by Crippen LogP contribution is -2.18. The molecule has 8 heteroatoms. The molecule has 0 spiro atoms. The van der Waals surface area contributed by atoms with E-state index >= 15 is 0 Å². The number of halogens is 2. The Morgan fingerprint density at radius 3 is 2.59 bits per heavy atom. The Hall–Kier alpha value is -2.77. The molecule has 0 unspecified atom stereocenters. The fraction of sp³-hybridized carbons (Fsp3) is 0.421. The van der Waals surface area contributed by atoms with Crippen molar-refractivity contribution in [2.45, 2.75) is 51.7 Å². The van der Waals surface area contributed by atoms with Gasteiger partial charge in [0.2, 0.25) is 0 Å². The maximum absolute atomic E-state index is 12.5. The van der Waals surface area contributed by atoms with Gasteiger partial charge in [-0.2, -0.15) is 8.78 Å². The third-order valence-corrected chi connectivity index (χ3v) is 4.02. The molecule has 0 aliphatic carbocycles. The second-order valence-electron chi connectivity index (χ2n) is 6.18. The molecule has 1 aromatic carbocycles. The molecule has 0 saturated carbocycles. The van der Waals surface area contributed by atoms with E-state index in [1.165, 1.54) is 18.2 Å². The van der Waals surface area contributed by atoms with Crippen LogP contribution in [-0.4, -0.2) is 35.4 Å². The number of phenolic OH excluding ortho intramolecular Hbond substituents is 1. The molecule has 2 rings (SSSR count). The van der Waals surface area contributed by atoms with E-state index in [0.717, 1.165) is 6.07 Å². The van der Waals surface area contributed by atoms with Gasteiger partial charge in [-0.1, -0.05) is 12.2 Å². The van der Waals surface area contributed by atoms with Crippen molar-refractivity contribution in [3.8, 4) is 11.5 Å². The molecule has 1 aliphatic heterocycles. The summed E-state index contributed by atoms with van der Waals surface area (Å²) < 4.78 is 34.5. The summed E-state index contributed by atoms with van der Waals surface area (Å²) in [5, 5.41) is 10.1. The highest BCUT2D eigenvalue weighted by Crippen LogP contribution is 2.31. The highest BCUT2D eigenvalue weighted by Gasteiger charge is 2.22. The van der Waals surface area contributed by atoms with E-state index in [-0.39, 0.29) is 36.1 Å². The number of ether oxygens (including phenoxy) is 2. The van der Waals surface area contributed by atoms with Crippen LogP contribution in [0.5, 0.6) is 11.5 Å². The highest BCUT2D eigenvalue weighted by atomic mass is 19.3. The van der Waals surface area contributed by atoms with Crippen molar-refractivity contribution in [1.82, 2.24) is 0 Å². The Morgan fingerprint density at radius 1 is 1.19 bits per heavy atom. The van der Waals surface area contributed by atoms with Crippen molar-refractivity contribution >= 4 is 23.6 Å². The number of ketones is 2. The van der Waals surface area contributed by atoms with Crippen LogP contribution in [0.15, 0.2) is 18.2 Å². The Labute approximate surface area is 154 Å². The summed E-state index contributed by atoms with van der Waals surface area (Å²) in [4.78, 5) is 36.0. The predicted octanol–water partition coefficient (Wildman–Crippen LogP) is 3.65. The number of Topliss-reactive ketones (excluding diaryl/α,β-unsaturated/α-hetero) is 2. The van der Waals surface area contributed by atoms with Crippen LogP contribution in [0.1, 0.15) is 54.9 Å². The molecule has 1 heterocycles. The fourth-order valence-corrected chi connectivity index (χ4v) is 2.70. The van der Waals surface area contributed by atoms with E-state index in [1.807, 2.05) is 0 Å². The standard InChI is InChI=1S/C19H20F2O6/c1-11-5-4-8-15(23)14(22)7-3-2-6-12-9-13(27-19(20)21)10-16(24)17(12)18(25)26-11/h2,6,9-11,19,24H,3-5,7-8H2,1H3/t11-/m0/s1. The molecule has 1 atom stereocenters. The van der Waals surface area contributed by atoms with Crippen molar-refractivity contribution in [2.24, 2.45) is 0 Å². The van der Waals surface area contributed by atoms with E-state index < -0.39 is 36.0 Å². The molecule has 1 aliphatic rings. The number of hydrogen-bond donors (Lipinski definition) is 1. The van der Waals surface area contributed by atoms with Crippen LogP contribution in [0.4, 0.5) is 8.78 Å². The largest absolute Gasteiger partial charge is 0.507 e. The summed E-state index contributed by atoms with van der Waals surface area (Å²) in [7, 11) is 0. The molecule has 1 aromatic rings. The minimum absolute atomic E-state index is 0.00384. The Kier molecular flexibility index (Phi) is 7.04. The minimum Gasteiger partial charge on any atom is -0.507 e. The number of alkyl halides is 2. The third kappa shape index (κ3) is 5.87. The molecule has 0 bridgehead atoms. The number of fused-ring (bicyclic) bond motifs is 1. The van der Waals surface area contributed by atoms with Gasteiger partial charge in [0, 0.05) is 18.9 Å². The number of hydrogen-bond acceptors (Lipinski definition) is 6. The van der Waals surface area contributed by atoms with Crippen molar-refractivity contribution in [3.63, 3.8) is 0 Å². The Bertz CT molecular complexity index is 757. The summed E-state index contributed by atoms with van der Waals surface area (Å²) in [6.07, 6.45) is 3.40. The number of phenols is 1. The van der Waals surface area contributed by atoms with E-state index in [0.29, 0.717) is 12.8 Å². The minimum atomic E-state index is -3.10. The molecule has 6 nitrogen and oxygen atoms in total. The van der Waals surface area contributed by atoms with Crippen LogP contribution >= 0.6 is 0 Å². The maximum Gasteiger partial charge on any atom is 0.387 e. The highest BCUT2D eigenvalue weighted by molar-refractivity contribution is 6.37. The van der Waals surface area contributed by atoms with Gasteiger partial charge in [-0.05, 0) is 37.8 Å². The zero-order chi connectivity index (χ0) is 20.0. The summed E-state index contributed by atoms with van der Waals surface area (Å²) in [5.74, 6) is -2.64. The molecule has 146 valence electrons. The first-order chi connectivity index (χ1) is 12.8. The molecule has 1 N–H and O–H groups in total. The van der Waals surface area contributed by atoms with Crippen molar-refractivity contribution in [3.05, 3.63) is 29.3 Å². The van der Waals surface area contributed by atoms with E-state index in [1.54, 1.807) is 6.92 Å². The number of allylic oxidation sites excluding steroid dienone is 1. The topological polar surface area (TPSA) is 89.9 Å². The molecule has 0 aromatic heterocycles. The normalized spacial score (nSPS) is 19.4. The quantitative estimate of drug-likeness (QED) is 0.620. The summed E-state index contributed by atoms with van der Waals surface area (Å²) >= 11 is 0.